The summed E-state index contributed by atoms with van der Waals surface area (Å²) in [6.07, 6.45) is 2.94. The number of aliphatic hydroxyl groups excluding tert-OH is 1. The first kappa shape index (κ1) is 12.6. The first-order valence-corrected chi connectivity index (χ1v) is 6.66. The number of benzene rings is 1. The summed E-state index contributed by atoms with van der Waals surface area (Å²) >= 11 is 0. The van der Waals surface area contributed by atoms with Gasteiger partial charge >= 0.3 is 0 Å². The summed E-state index contributed by atoms with van der Waals surface area (Å²) in [6.45, 7) is 4.44. The second-order valence-electron chi connectivity index (χ2n) is 5.05. The van der Waals surface area contributed by atoms with Crippen LogP contribution in [0.2, 0.25) is 0 Å². The van der Waals surface area contributed by atoms with Crippen LogP contribution in [0.4, 0.5) is 0 Å². The summed E-state index contributed by atoms with van der Waals surface area (Å²) in [6, 6.07) is 9.09. The van der Waals surface area contributed by atoms with Crippen molar-refractivity contribution < 1.29 is 5.11 Å². The van der Waals surface area contributed by atoms with E-state index in [9.17, 15) is 5.11 Å². The second-order valence-corrected chi connectivity index (χ2v) is 5.05. The molecule has 1 aromatic rings. The standard InChI is InChI=1S/C15H23NO/c1-4-12(5-2)16(3)14-10-11-8-6-7-9-13(11)15(14)17/h6-9,12,14-15,17H,4-5,10H2,1-3H3. The zero-order valence-electron chi connectivity index (χ0n) is 11.1. The van der Waals surface area contributed by atoms with Gasteiger partial charge in [0, 0.05) is 12.1 Å². The molecule has 0 radical (unpaired) electrons. The largest absolute Gasteiger partial charge is 0.387 e. The van der Waals surface area contributed by atoms with E-state index in [4.69, 9.17) is 0 Å². The number of aliphatic hydroxyl groups is 1. The molecule has 2 heteroatoms. The van der Waals surface area contributed by atoms with Gasteiger partial charge in [0.05, 0.1) is 6.10 Å². The lowest BCUT2D eigenvalue weighted by molar-refractivity contribution is 0.0491. The van der Waals surface area contributed by atoms with Gasteiger partial charge in [0.1, 0.15) is 0 Å². The van der Waals surface area contributed by atoms with Gasteiger partial charge in [-0.05, 0) is 37.4 Å². The maximum Gasteiger partial charge on any atom is 0.0951 e. The Bertz CT molecular complexity index is 373. The third-order valence-electron chi connectivity index (χ3n) is 4.21. The number of hydrogen-bond acceptors (Lipinski definition) is 2. The van der Waals surface area contributed by atoms with Gasteiger partial charge in [0.2, 0.25) is 0 Å². The predicted octanol–water partition coefficient (Wildman–Crippen LogP) is 2.77. The molecule has 17 heavy (non-hydrogen) atoms. The molecule has 0 aromatic heterocycles. The van der Waals surface area contributed by atoms with Crippen LogP contribution in [0.15, 0.2) is 24.3 Å². The van der Waals surface area contributed by atoms with E-state index in [0.29, 0.717) is 6.04 Å². The van der Waals surface area contributed by atoms with Crippen LogP contribution in [0.5, 0.6) is 0 Å². The number of nitrogens with zero attached hydrogens (tertiary/aromatic N) is 1. The monoisotopic (exact) mass is 233 g/mol. The van der Waals surface area contributed by atoms with Crippen molar-refractivity contribution in [3.63, 3.8) is 0 Å². The van der Waals surface area contributed by atoms with Crippen molar-refractivity contribution in [1.82, 2.24) is 4.90 Å². The lowest BCUT2D eigenvalue weighted by Crippen LogP contribution is -2.42. The van der Waals surface area contributed by atoms with Gasteiger partial charge in [-0.25, -0.2) is 0 Å². The van der Waals surface area contributed by atoms with E-state index in [1.165, 1.54) is 5.56 Å². The molecular formula is C15H23NO. The molecule has 0 spiro atoms. The lowest BCUT2D eigenvalue weighted by atomic mass is 10.0. The van der Waals surface area contributed by atoms with Crippen molar-refractivity contribution in [1.29, 1.82) is 0 Å². The van der Waals surface area contributed by atoms with Crippen LogP contribution in [-0.2, 0) is 6.42 Å². The molecule has 0 amide bonds. The fraction of sp³-hybridized carbons (Fsp3) is 0.600. The smallest absolute Gasteiger partial charge is 0.0951 e. The summed E-state index contributed by atoms with van der Waals surface area (Å²) in [4.78, 5) is 2.37. The van der Waals surface area contributed by atoms with Crippen molar-refractivity contribution in [2.75, 3.05) is 7.05 Å². The summed E-state index contributed by atoms with van der Waals surface area (Å²) in [5, 5.41) is 10.4. The molecule has 0 saturated carbocycles. The first-order chi connectivity index (χ1) is 8.19. The Labute approximate surface area is 104 Å². The average molecular weight is 233 g/mol. The maximum absolute atomic E-state index is 10.4. The van der Waals surface area contributed by atoms with Crippen LogP contribution in [-0.4, -0.2) is 29.1 Å². The van der Waals surface area contributed by atoms with E-state index < -0.39 is 0 Å². The van der Waals surface area contributed by atoms with Crippen LogP contribution < -0.4 is 0 Å². The Balaban J connectivity index is 2.16. The molecular weight excluding hydrogens is 210 g/mol. The molecule has 94 valence electrons. The molecule has 1 aliphatic carbocycles. The Hall–Kier alpha value is -0.860. The molecule has 0 aliphatic heterocycles. The minimum absolute atomic E-state index is 0.247. The van der Waals surface area contributed by atoms with Crippen molar-refractivity contribution in [2.24, 2.45) is 0 Å². The Morgan fingerprint density at radius 1 is 1.29 bits per heavy atom. The maximum atomic E-state index is 10.4. The Morgan fingerprint density at radius 3 is 2.53 bits per heavy atom. The highest BCUT2D eigenvalue weighted by Crippen LogP contribution is 2.35. The van der Waals surface area contributed by atoms with E-state index in [1.807, 2.05) is 6.07 Å². The van der Waals surface area contributed by atoms with Crippen LogP contribution in [0.25, 0.3) is 0 Å². The number of rotatable bonds is 4. The predicted molar refractivity (Wildman–Crippen MR) is 71.0 cm³/mol. The van der Waals surface area contributed by atoms with Crippen molar-refractivity contribution >= 4 is 0 Å². The molecule has 1 aromatic carbocycles. The minimum atomic E-state index is -0.322. The highest BCUT2D eigenvalue weighted by atomic mass is 16.3. The van der Waals surface area contributed by atoms with Gasteiger partial charge < -0.3 is 5.11 Å². The number of hydrogen-bond donors (Lipinski definition) is 1. The Kier molecular flexibility index (Phi) is 3.85. The van der Waals surface area contributed by atoms with Gasteiger partial charge in [-0.3, -0.25) is 4.90 Å². The molecule has 0 saturated heterocycles. The second kappa shape index (κ2) is 5.19. The van der Waals surface area contributed by atoms with Gasteiger partial charge in [0.15, 0.2) is 0 Å². The van der Waals surface area contributed by atoms with Crippen molar-refractivity contribution in [2.45, 2.75) is 51.3 Å². The molecule has 0 heterocycles. The summed E-state index contributed by atoms with van der Waals surface area (Å²) in [5.74, 6) is 0. The molecule has 1 N–H and O–H groups in total. The van der Waals surface area contributed by atoms with E-state index >= 15 is 0 Å². The van der Waals surface area contributed by atoms with E-state index in [0.717, 1.165) is 24.8 Å². The minimum Gasteiger partial charge on any atom is -0.387 e. The van der Waals surface area contributed by atoms with Crippen LogP contribution in [0.3, 0.4) is 0 Å². The zero-order valence-corrected chi connectivity index (χ0v) is 11.1. The molecule has 2 unspecified atom stereocenters. The SMILES string of the molecule is CCC(CC)N(C)C1Cc2ccccc2C1O. The normalized spacial score (nSPS) is 23.4. The first-order valence-electron chi connectivity index (χ1n) is 6.66. The van der Waals surface area contributed by atoms with Gasteiger partial charge in [-0.15, -0.1) is 0 Å². The lowest BCUT2D eigenvalue weighted by Gasteiger charge is -2.33. The van der Waals surface area contributed by atoms with E-state index in [2.05, 4.69) is 44.0 Å². The molecule has 2 nitrogen and oxygen atoms in total. The Morgan fingerprint density at radius 2 is 1.94 bits per heavy atom. The molecule has 2 rings (SSSR count). The van der Waals surface area contributed by atoms with Gasteiger partial charge in [-0.1, -0.05) is 38.1 Å². The quantitative estimate of drug-likeness (QED) is 0.864. The molecule has 1 aliphatic rings. The van der Waals surface area contributed by atoms with Gasteiger partial charge in [0.25, 0.3) is 0 Å². The molecule has 0 fully saturated rings. The highest BCUT2D eigenvalue weighted by Gasteiger charge is 2.35. The molecule has 2 atom stereocenters. The molecule has 0 bridgehead atoms. The van der Waals surface area contributed by atoms with Gasteiger partial charge in [-0.2, -0.15) is 0 Å². The number of likely N-dealkylation sites (N-methyl/N-ethyl adjacent to an activating group) is 1. The number of fused-ring (bicyclic) bond motifs is 1. The third-order valence-corrected chi connectivity index (χ3v) is 4.21. The van der Waals surface area contributed by atoms with Crippen LogP contribution in [0, 0.1) is 0 Å². The van der Waals surface area contributed by atoms with Crippen LogP contribution >= 0.6 is 0 Å². The van der Waals surface area contributed by atoms with E-state index in [-0.39, 0.29) is 12.1 Å². The topological polar surface area (TPSA) is 23.5 Å². The fourth-order valence-electron chi connectivity index (χ4n) is 3.05. The third kappa shape index (κ3) is 2.24. The summed E-state index contributed by atoms with van der Waals surface area (Å²) in [5.41, 5.74) is 2.43. The average Bonchev–Trinajstić information content (AvgIpc) is 2.69. The zero-order chi connectivity index (χ0) is 12.4. The highest BCUT2D eigenvalue weighted by molar-refractivity contribution is 5.35. The van der Waals surface area contributed by atoms with Crippen molar-refractivity contribution in [3.8, 4) is 0 Å². The van der Waals surface area contributed by atoms with Crippen LogP contribution in [0.1, 0.15) is 43.9 Å². The van der Waals surface area contributed by atoms with Crippen molar-refractivity contribution in [3.05, 3.63) is 35.4 Å². The summed E-state index contributed by atoms with van der Waals surface area (Å²) in [7, 11) is 2.15. The fourth-order valence-corrected chi connectivity index (χ4v) is 3.05. The summed E-state index contributed by atoms with van der Waals surface area (Å²) < 4.78 is 0. The van der Waals surface area contributed by atoms with E-state index in [1.54, 1.807) is 0 Å².